The topological polar surface area (TPSA) is 62.8 Å². The van der Waals surface area contributed by atoms with Crippen LogP contribution in [0.1, 0.15) is 55.7 Å². The second-order valence-electron chi connectivity index (χ2n) is 6.75. The zero-order valence-electron chi connectivity index (χ0n) is 12.7. The third-order valence-corrected chi connectivity index (χ3v) is 5.01. The largest absolute Gasteiger partial charge is 0.383 e. The summed E-state index contributed by atoms with van der Waals surface area (Å²) in [4.78, 5) is 5.61. The zero-order chi connectivity index (χ0) is 15.2. The van der Waals surface area contributed by atoms with Gasteiger partial charge in [0.1, 0.15) is 10.8 Å². The zero-order valence-corrected chi connectivity index (χ0v) is 13.6. The number of hydrogen-bond donors (Lipinski definition) is 2. The van der Waals surface area contributed by atoms with Gasteiger partial charge in [0.15, 0.2) is 0 Å². The van der Waals surface area contributed by atoms with E-state index < -0.39 is 0 Å². The molecule has 1 aliphatic carbocycles. The van der Waals surface area contributed by atoms with Gasteiger partial charge in [0.2, 0.25) is 0 Å². The lowest BCUT2D eigenvalue weighted by atomic mass is 9.87. The van der Waals surface area contributed by atoms with Crippen LogP contribution in [0.15, 0.2) is 24.3 Å². The SMILES string of the molecule is CC(C)(C)c1ccc(-c2nc(C3CC3)c(C(=N)N)s2)cc1. The molecule has 1 fully saturated rings. The number of aromatic nitrogens is 1. The normalized spacial score (nSPS) is 15.2. The van der Waals surface area contributed by atoms with E-state index in [9.17, 15) is 0 Å². The molecule has 4 heteroatoms. The lowest BCUT2D eigenvalue weighted by Gasteiger charge is -2.18. The van der Waals surface area contributed by atoms with Gasteiger partial charge in [0.25, 0.3) is 0 Å². The molecule has 3 nitrogen and oxygen atoms in total. The van der Waals surface area contributed by atoms with Crippen LogP contribution in [0.25, 0.3) is 10.6 Å². The molecule has 110 valence electrons. The fourth-order valence-corrected chi connectivity index (χ4v) is 3.41. The van der Waals surface area contributed by atoms with E-state index in [2.05, 4.69) is 45.0 Å². The lowest BCUT2D eigenvalue weighted by Crippen LogP contribution is -2.11. The number of benzene rings is 1. The number of amidine groups is 1. The second-order valence-corrected chi connectivity index (χ2v) is 7.75. The quantitative estimate of drug-likeness (QED) is 0.656. The Labute approximate surface area is 129 Å². The van der Waals surface area contributed by atoms with Crippen molar-refractivity contribution < 1.29 is 0 Å². The van der Waals surface area contributed by atoms with Crippen molar-refractivity contribution >= 4 is 17.2 Å². The minimum atomic E-state index is 0.145. The average molecular weight is 299 g/mol. The molecule has 3 rings (SSSR count). The van der Waals surface area contributed by atoms with E-state index in [-0.39, 0.29) is 11.3 Å². The van der Waals surface area contributed by atoms with Crippen LogP contribution in [0.4, 0.5) is 0 Å². The van der Waals surface area contributed by atoms with Crippen LogP contribution in [-0.4, -0.2) is 10.8 Å². The molecule has 0 radical (unpaired) electrons. The Balaban J connectivity index is 1.97. The number of hydrogen-bond acceptors (Lipinski definition) is 3. The van der Waals surface area contributed by atoms with Crippen molar-refractivity contribution in [3.63, 3.8) is 0 Å². The first-order chi connectivity index (χ1) is 9.86. The van der Waals surface area contributed by atoms with Crippen molar-refractivity contribution in [1.82, 2.24) is 4.98 Å². The summed E-state index contributed by atoms with van der Waals surface area (Å²) in [6.45, 7) is 6.64. The van der Waals surface area contributed by atoms with E-state index in [0.29, 0.717) is 5.92 Å². The monoisotopic (exact) mass is 299 g/mol. The van der Waals surface area contributed by atoms with Crippen LogP contribution < -0.4 is 5.73 Å². The smallest absolute Gasteiger partial charge is 0.135 e. The predicted molar refractivity (Wildman–Crippen MR) is 89.2 cm³/mol. The predicted octanol–water partition coefficient (Wildman–Crippen LogP) is 4.27. The molecule has 0 atom stereocenters. The average Bonchev–Trinajstić information content (AvgIpc) is 3.16. The highest BCUT2D eigenvalue weighted by Crippen LogP contribution is 2.44. The molecule has 1 aromatic carbocycles. The number of nitrogen functional groups attached to an aromatic ring is 1. The van der Waals surface area contributed by atoms with Gasteiger partial charge < -0.3 is 5.73 Å². The second kappa shape index (κ2) is 4.95. The molecule has 21 heavy (non-hydrogen) atoms. The Morgan fingerprint density at radius 2 is 1.86 bits per heavy atom. The number of nitrogens with one attached hydrogen (secondary N) is 1. The first-order valence-corrected chi connectivity index (χ1v) is 8.14. The van der Waals surface area contributed by atoms with Crippen LogP contribution in [0, 0.1) is 5.41 Å². The van der Waals surface area contributed by atoms with E-state index in [1.807, 2.05) is 0 Å². The molecule has 1 saturated carbocycles. The molecule has 3 N–H and O–H groups in total. The minimum Gasteiger partial charge on any atom is -0.383 e. The molecule has 1 aromatic heterocycles. The van der Waals surface area contributed by atoms with E-state index in [0.717, 1.165) is 21.1 Å². The maximum absolute atomic E-state index is 7.74. The Hall–Kier alpha value is -1.68. The van der Waals surface area contributed by atoms with Gasteiger partial charge >= 0.3 is 0 Å². The summed E-state index contributed by atoms with van der Waals surface area (Å²) in [5.74, 6) is 0.662. The molecule has 0 aliphatic heterocycles. The fourth-order valence-electron chi connectivity index (χ4n) is 2.39. The molecule has 0 unspecified atom stereocenters. The first-order valence-electron chi connectivity index (χ1n) is 7.32. The van der Waals surface area contributed by atoms with Crippen LogP contribution in [-0.2, 0) is 5.41 Å². The molecule has 0 amide bonds. The molecule has 0 saturated heterocycles. The van der Waals surface area contributed by atoms with E-state index in [1.54, 1.807) is 11.3 Å². The van der Waals surface area contributed by atoms with Crippen LogP contribution >= 0.6 is 11.3 Å². The number of rotatable bonds is 3. The summed E-state index contributed by atoms with van der Waals surface area (Å²) in [5, 5.41) is 8.71. The number of nitrogens with zero attached hydrogens (tertiary/aromatic N) is 1. The van der Waals surface area contributed by atoms with Gasteiger partial charge in [0.05, 0.1) is 10.6 Å². The van der Waals surface area contributed by atoms with E-state index >= 15 is 0 Å². The van der Waals surface area contributed by atoms with Crippen LogP contribution in [0.5, 0.6) is 0 Å². The number of thiazole rings is 1. The summed E-state index contributed by atoms with van der Waals surface area (Å²) in [5.41, 5.74) is 9.32. The van der Waals surface area contributed by atoms with Crippen molar-refractivity contribution in [1.29, 1.82) is 5.41 Å². The molecular formula is C17H21N3S. The Bertz CT molecular complexity index is 673. The summed E-state index contributed by atoms with van der Waals surface area (Å²) in [6.07, 6.45) is 2.35. The van der Waals surface area contributed by atoms with Gasteiger partial charge in [-0.05, 0) is 23.8 Å². The van der Waals surface area contributed by atoms with Gasteiger partial charge in [0, 0.05) is 11.5 Å². The molecule has 0 bridgehead atoms. The lowest BCUT2D eigenvalue weighted by molar-refractivity contribution is 0.590. The third kappa shape index (κ3) is 2.86. The van der Waals surface area contributed by atoms with Gasteiger partial charge in [-0.25, -0.2) is 4.98 Å². The highest BCUT2D eigenvalue weighted by molar-refractivity contribution is 7.17. The van der Waals surface area contributed by atoms with Gasteiger partial charge in [-0.2, -0.15) is 0 Å². The van der Waals surface area contributed by atoms with Gasteiger partial charge in [-0.1, -0.05) is 45.0 Å². The summed E-state index contributed by atoms with van der Waals surface area (Å²) in [6, 6.07) is 8.59. The van der Waals surface area contributed by atoms with Crippen molar-refractivity contribution in [3.05, 3.63) is 40.4 Å². The van der Waals surface area contributed by atoms with Crippen LogP contribution in [0.2, 0.25) is 0 Å². The maximum Gasteiger partial charge on any atom is 0.135 e. The van der Waals surface area contributed by atoms with E-state index in [1.165, 1.54) is 18.4 Å². The molecule has 0 spiro atoms. The van der Waals surface area contributed by atoms with Crippen molar-refractivity contribution in [2.75, 3.05) is 0 Å². The highest BCUT2D eigenvalue weighted by Gasteiger charge is 2.30. The van der Waals surface area contributed by atoms with Gasteiger partial charge in [-0.15, -0.1) is 11.3 Å². The summed E-state index contributed by atoms with van der Waals surface area (Å²) < 4.78 is 0. The summed E-state index contributed by atoms with van der Waals surface area (Å²) >= 11 is 1.54. The minimum absolute atomic E-state index is 0.145. The molecular weight excluding hydrogens is 278 g/mol. The van der Waals surface area contributed by atoms with Crippen molar-refractivity contribution in [3.8, 4) is 10.6 Å². The van der Waals surface area contributed by atoms with E-state index in [4.69, 9.17) is 16.1 Å². The first kappa shape index (κ1) is 14.3. The molecule has 2 aromatic rings. The highest BCUT2D eigenvalue weighted by atomic mass is 32.1. The van der Waals surface area contributed by atoms with Crippen molar-refractivity contribution in [2.45, 2.75) is 44.9 Å². The molecule has 1 heterocycles. The van der Waals surface area contributed by atoms with Crippen LogP contribution in [0.3, 0.4) is 0 Å². The number of nitrogens with two attached hydrogens (primary N) is 1. The summed E-state index contributed by atoms with van der Waals surface area (Å²) in [7, 11) is 0. The fraction of sp³-hybridized carbons (Fsp3) is 0.412. The Morgan fingerprint density at radius 3 is 2.33 bits per heavy atom. The Kier molecular flexibility index (Phi) is 3.36. The standard InChI is InChI=1S/C17H21N3S/c1-17(2,3)12-8-6-11(7-9-12)16-20-13(10-4-5-10)14(21-16)15(18)19/h6-10H,4-5H2,1-3H3,(H3,18,19). The Morgan fingerprint density at radius 1 is 1.24 bits per heavy atom. The van der Waals surface area contributed by atoms with Crippen molar-refractivity contribution in [2.24, 2.45) is 5.73 Å². The van der Waals surface area contributed by atoms with Gasteiger partial charge in [-0.3, -0.25) is 5.41 Å². The molecule has 1 aliphatic rings. The maximum atomic E-state index is 7.74. The third-order valence-electron chi connectivity index (χ3n) is 3.86.